The number of carbonyl (C=O) groups excluding carboxylic acids is 3. The van der Waals surface area contributed by atoms with Crippen LogP contribution in [0.4, 0.5) is 9.18 Å². The van der Waals surface area contributed by atoms with Gasteiger partial charge in [0.1, 0.15) is 24.1 Å². The fourth-order valence-electron chi connectivity index (χ4n) is 4.88. The van der Waals surface area contributed by atoms with Gasteiger partial charge in [-0.05, 0) is 44.9 Å². The lowest BCUT2D eigenvalue weighted by Gasteiger charge is -2.34. The van der Waals surface area contributed by atoms with Crippen LogP contribution in [-0.2, 0) is 9.47 Å². The van der Waals surface area contributed by atoms with E-state index in [2.05, 4.69) is 10.6 Å². The summed E-state index contributed by atoms with van der Waals surface area (Å²) in [6.07, 6.45) is -0.964. The third kappa shape index (κ3) is 6.68. The zero-order valence-electron chi connectivity index (χ0n) is 22.8. The summed E-state index contributed by atoms with van der Waals surface area (Å²) in [6, 6.07) is 12.5. The maximum atomic E-state index is 14.0. The van der Waals surface area contributed by atoms with E-state index in [9.17, 15) is 18.8 Å². The van der Waals surface area contributed by atoms with Gasteiger partial charge in [-0.2, -0.15) is 0 Å². The predicted molar refractivity (Wildman–Crippen MR) is 143 cm³/mol. The Morgan fingerprint density at radius 1 is 1.13 bits per heavy atom. The average molecular weight is 542 g/mol. The van der Waals surface area contributed by atoms with Crippen LogP contribution < -0.4 is 15.4 Å². The number of nitrogens with zero attached hydrogens (tertiary/aromatic N) is 1. The molecule has 210 valence electrons. The van der Waals surface area contributed by atoms with Crippen LogP contribution in [0.15, 0.2) is 42.5 Å². The quantitative estimate of drug-likeness (QED) is 0.554. The summed E-state index contributed by atoms with van der Waals surface area (Å²) in [4.78, 5) is 39.9. The summed E-state index contributed by atoms with van der Waals surface area (Å²) in [5, 5.41) is 5.46. The minimum Gasteiger partial charge on any atom is -0.486 e. The number of fused-ring (bicyclic) bond motifs is 1. The second-order valence-electron chi connectivity index (χ2n) is 10.7. The van der Waals surface area contributed by atoms with Crippen molar-refractivity contribution in [2.24, 2.45) is 0 Å². The van der Waals surface area contributed by atoms with Gasteiger partial charge in [-0.1, -0.05) is 30.3 Å². The number of alkyl halides is 1. The van der Waals surface area contributed by atoms with Crippen LogP contribution in [0.1, 0.15) is 65.0 Å². The van der Waals surface area contributed by atoms with Gasteiger partial charge < -0.3 is 29.7 Å². The molecule has 2 aromatic carbocycles. The number of amides is 3. The van der Waals surface area contributed by atoms with Crippen molar-refractivity contribution in [2.75, 3.05) is 40.0 Å². The van der Waals surface area contributed by atoms with E-state index < -0.39 is 30.2 Å². The fraction of sp³-hybridized carbons (Fsp3) is 0.483. The molecule has 39 heavy (non-hydrogen) atoms. The number of nitrogens with one attached hydrogen (secondary N) is 2. The van der Waals surface area contributed by atoms with E-state index in [-0.39, 0.29) is 29.2 Å². The molecule has 2 N–H and O–H groups in total. The van der Waals surface area contributed by atoms with Crippen molar-refractivity contribution in [3.8, 4) is 5.75 Å². The third-order valence-electron chi connectivity index (χ3n) is 6.68. The predicted octanol–water partition coefficient (Wildman–Crippen LogP) is 3.66. The minimum atomic E-state index is -0.805. The summed E-state index contributed by atoms with van der Waals surface area (Å²) in [5.74, 6) is -0.972. The Kier molecular flexibility index (Phi) is 8.74. The van der Waals surface area contributed by atoms with Crippen LogP contribution in [0.25, 0.3) is 0 Å². The summed E-state index contributed by atoms with van der Waals surface area (Å²) in [5.41, 5.74) is 1.30. The third-order valence-corrected chi connectivity index (χ3v) is 6.68. The molecule has 4 rings (SSSR count). The van der Waals surface area contributed by atoms with Crippen LogP contribution in [0.5, 0.6) is 5.75 Å². The molecular weight excluding hydrogens is 505 g/mol. The zero-order chi connectivity index (χ0) is 28.2. The molecule has 1 fully saturated rings. The van der Waals surface area contributed by atoms with Gasteiger partial charge in [0.25, 0.3) is 11.8 Å². The van der Waals surface area contributed by atoms with Crippen LogP contribution in [0, 0.1) is 0 Å². The normalized spacial score (nSPS) is 20.5. The molecule has 0 bridgehead atoms. The van der Waals surface area contributed by atoms with Crippen molar-refractivity contribution in [2.45, 2.75) is 50.9 Å². The summed E-state index contributed by atoms with van der Waals surface area (Å²) >= 11 is 0. The van der Waals surface area contributed by atoms with Crippen molar-refractivity contribution in [1.82, 2.24) is 15.5 Å². The topological polar surface area (TPSA) is 106 Å². The summed E-state index contributed by atoms with van der Waals surface area (Å²) in [6.45, 7) is 6.20. The number of halogens is 1. The van der Waals surface area contributed by atoms with Gasteiger partial charge in [-0.25, -0.2) is 9.18 Å². The smallest absolute Gasteiger partial charge is 0.410 e. The van der Waals surface area contributed by atoms with Crippen molar-refractivity contribution in [3.63, 3.8) is 0 Å². The van der Waals surface area contributed by atoms with Crippen molar-refractivity contribution < 1.29 is 33.0 Å². The van der Waals surface area contributed by atoms with E-state index in [0.717, 1.165) is 5.56 Å². The number of benzene rings is 2. The molecule has 9 nitrogen and oxygen atoms in total. The first kappa shape index (κ1) is 28.4. The number of morpholine rings is 1. The molecule has 0 radical (unpaired) electrons. The standard InChI is InChI=1S/C29H36FN3O6/c1-29(2,3)39-28(36)33-12-13-37-20(17-33)10-11-32-26(34)19-14-21-24(18-8-6-5-7-9-18)23(16-30)38-25(21)22(15-19)27(35)31-4/h5-9,14-15,20,23-24H,10-13,16-17H2,1-4H3,(H,31,35)(H,32,34)/t20-,23-,24+/m1/s1. The monoisotopic (exact) mass is 541 g/mol. The fourth-order valence-corrected chi connectivity index (χ4v) is 4.88. The molecule has 2 aliphatic heterocycles. The molecule has 3 atom stereocenters. The second-order valence-corrected chi connectivity index (χ2v) is 10.7. The minimum absolute atomic E-state index is 0.181. The average Bonchev–Trinajstić information content (AvgIpc) is 3.30. The lowest BCUT2D eigenvalue weighted by Crippen LogP contribution is -2.48. The molecule has 3 amide bonds. The maximum absolute atomic E-state index is 14.0. The van der Waals surface area contributed by atoms with Crippen molar-refractivity contribution in [1.29, 1.82) is 0 Å². The Labute approximate surface area is 228 Å². The number of carbonyl (C=O) groups is 3. The van der Waals surface area contributed by atoms with Gasteiger partial charge in [0.05, 0.1) is 30.7 Å². The largest absolute Gasteiger partial charge is 0.486 e. The number of ether oxygens (including phenoxy) is 3. The second kappa shape index (κ2) is 12.0. The number of rotatable bonds is 7. The van der Waals surface area contributed by atoms with Crippen LogP contribution in [0.3, 0.4) is 0 Å². The van der Waals surface area contributed by atoms with Gasteiger partial charge in [0.2, 0.25) is 0 Å². The first-order valence-electron chi connectivity index (χ1n) is 13.2. The van der Waals surface area contributed by atoms with Gasteiger partial charge in [0.15, 0.2) is 0 Å². The lowest BCUT2D eigenvalue weighted by atomic mass is 9.86. The van der Waals surface area contributed by atoms with E-state index in [4.69, 9.17) is 14.2 Å². The van der Waals surface area contributed by atoms with E-state index >= 15 is 0 Å². The van der Waals surface area contributed by atoms with E-state index in [1.54, 1.807) is 11.0 Å². The number of hydrogen-bond acceptors (Lipinski definition) is 6. The Hall–Kier alpha value is -3.66. The Balaban J connectivity index is 1.47. The molecule has 0 unspecified atom stereocenters. The van der Waals surface area contributed by atoms with Crippen molar-refractivity contribution >= 4 is 17.9 Å². The van der Waals surface area contributed by atoms with E-state index in [0.29, 0.717) is 44.0 Å². The highest BCUT2D eigenvalue weighted by molar-refractivity contribution is 6.02. The maximum Gasteiger partial charge on any atom is 0.410 e. The molecule has 2 aromatic rings. The molecule has 10 heteroatoms. The van der Waals surface area contributed by atoms with Crippen LogP contribution >= 0.6 is 0 Å². The summed E-state index contributed by atoms with van der Waals surface area (Å²) < 4.78 is 31.2. The van der Waals surface area contributed by atoms with Gasteiger partial charge >= 0.3 is 6.09 Å². The van der Waals surface area contributed by atoms with Gasteiger partial charge in [0, 0.05) is 31.3 Å². The molecule has 0 aromatic heterocycles. The Morgan fingerprint density at radius 3 is 2.54 bits per heavy atom. The van der Waals surface area contributed by atoms with Gasteiger partial charge in [-0.15, -0.1) is 0 Å². The first-order valence-corrected chi connectivity index (χ1v) is 13.2. The highest BCUT2D eigenvalue weighted by atomic mass is 19.1. The van der Waals surface area contributed by atoms with Crippen molar-refractivity contribution in [3.05, 3.63) is 64.7 Å². The van der Waals surface area contributed by atoms with E-state index in [1.165, 1.54) is 13.1 Å². The zero-order valence-corrected chi connectivity index (χ0v) is 22.8. The highest BCUT2D eigenvalue weighted by Crippen LogP contribution is 2.45. The first-order chi connectivity index (χ1) is 18.6. The molecule has 0 spiro atoms. The number of hydrogen-bond donors (Lipinski definition) is 2. The Morgan fingerprint density at radius 2 is 1.87 bits per heavy atom. The molecule has 1 saturated heterocycles. The van der Waals surface area contributed by atoms with Gasteiger partial charge in [-0.3, -0.25) is 9.59 Å². The molecule has 0 aliphatic carbocycles. The van der Waals surface area contributed by atoms with E-state index in [1.807, 2.05) is 51.1 Å². The molecule has 0 saturated carbocycles. The van der Waals surface area contributed by atoms with Crippen LogP contribution in [-0.4, -0.2) is 80.6 Å². The van der Waals surface area contributed by atoms with Crippen LogP contribution in [0.2, 0.25) is 0 Å². The Bertz CT molecular complexity index is 1200. The highest BCUT2D eigenvalue weighted by Gasteiger charge is 2.39. The molecule has 2 aliphatic rings. The molecular formula is C29H36FN3O6. The summed E-state index contributed by atoms with van der Waals surface area (Å²) in [7, 11) is 1.49. The lowest BCUT2D eigenvalue weighted by molar-refractivity contribution is -0.0440. The molecule has 2 heterocycles. The SMILES string of the molecule is CNC(=O)c1cc(C(=O)NCC[C@@H]2CN(C(=O)OC(C)(C)C)CCO2)cc2c1O[C@H](CF)[C@H]2c1ccccc1.